The summed E-state index contributed by atoms with van der Waals surface area (Å²) in [6, 6.07) is 0. The van der Waals surface area contributed by atoms with Crippen LogP contribution in [0, 0.1) is 5.92 Å². The van der Waals surface area contributed by atoms with E-state index in [4.69, 9.17) is 18.0 Å². The summed E-state index contributed by atoms with van der Waals surface area (Å²) in [6.45, 7) is 2.26. The summed E-state index contributed by atoms with van der Waals surface area (Å²) in [5, 5.41) is 4.47. The van der Waals surface area contributed by atoms with E-state index in [0.717, 1.165) is 18.8 Å². The van der Waals surface area contributed by atoms with Crippen LogP contribution in [0.5, 0.6) is 0 Å². The maximum Gasteiger partial charge on any atom is 0.184 e. The van der Waals surface area contributed by atoms with Crippen LogP contribution in [-0.4, -0.2) is 10.8 Å². The summed E-state index contributed by atoms with van der Waals surface area (Å²) >= 11 is 4.70. The van der Waals surface area contributed by atoms with Gasteiger partial charge in [0.25, 0.3) is 0 Å². The maximum absolute atomic E-state index is 5.32. The molecule has 1 unspecified atom stereocenters. The van der Waals surface area contributed by atoms with Crippen molar-refractivity contribution in [2.75, 3.05) is 0 Å². The van der Waals surface area contributed by atoms with Crippen LogP contribution in [-0.2, 0) is 0 Å². The van der Waals surface area contributed by atoms with Crippen LogP contribution in [0.2, 0.25) is 0 Å². The molecule has 0 aliphatic heterocycles. The van der Waals surface area contributed by atoms with Gasteiger partial charge in [0.15, 0.2) is 5.11 Å². The number of hydrogen-bond acceptors (Lipinski definition) is 2. The molecule has 14 heavy (non-hydrogen) atoms. The van der Waals surface area contributed by atoms with Crippen LogP contribution in [0.3, 0.4) is 0 Å². The van der Waals surface area contributed by atoms with Gasteiger partial charge in [-0.2, -0.15) is 5.10 Å². The molecule has 0 aromatic carbocycles. The van der Waals surface area contributed by atoms with E-state index in [9.17, 15) is 0 Å². The Bertz CT molecular complexity index is 225. The van der Waals surface area contributed by atoms with Gasteiger partial charge in [-0.05, 0) is 43.8 Å². The lowest BCUT2D eigenvalue weighted by molar-refractivity contribution is 0.450. The summed E-state index contributed by atoms with van der Waals surface area (Å²) in [7, 11) is 0. The van der Waals surface area contributed by atoms with Gasteiger partial charge in [0.2, 0.25) is 0 Å². The second kappa shape index (κ2) is 5.96. The molecule has 3 N–H and O–H groups in total. The largest absolute Gasteiger partial charge is 0.375 e. The van der Waals surface area contributed by atoms with Crippen molar-refractivity contribution in [3.8, 4) is 0 Å². The summed E-state index contributed by atoms with van der Waals surface area (Å²) in [5.41, 5.74) is 9.20. The van der Waals surface area contributed by atoms with Crippen LogP contribution >= 0.6 is 12.2 Å². The van der Waals surface area contributed by atoms with Crippen LogP contribution < -0.4 is 11.2 Å². The number of hydrogen-bond donors (Lipinski definition) is 2. The van der Waals surface area contributed by atoms with Gasteiger partial charge in [0.05, 0.1) is 0 Å². The number of thiocarbonyl (C=S) groups is 1. The predicted octanol–water partition coefficient (Wildman–Crippen LogP) is 2.17. The molecule has 1 aliphatic rings. The highest BCUT2D eigenvalue weighted by Gasteiger charge is 2.13. The summed E-state index contributed by atoms with van der Waals surface area (Å²) in [6.07, 6.45) is 7.31. The number of rotatable bonds is 2. The van der Waals surface area contributed by atoms with E-state index >= 15 is 0 Å². The van der Waals surface area contributed by atoms with Crippen molar-refractivity contribution >= 4 is 23.0 Å². The van der Waals surface area contributed by atoms with Crippen LogP contribution in [0.25, 0.3) is 0 Å². The van der Waals surface area contributed by atoms with Gasteiger partial charge in [-0.15, -0.1) is 0 Å². The quantitative estimate of drug-likeness (QED) is 0.420. The van der Waals surface area contributed by atoms with Gasteiger partial charge in [0.1, 0.15) is 0 Å². The fourth-order valence-corrected chi connectivity index (χ4v) is 1.93. The zero-order valence-electron chi connectivity index (χ0n) is 8.75. The molecule has 1 rings (SSSR count). The van der Waals surface area contributed by atoms with Crippen molar-refractivity contribution < 1.29 is 0 Å². The van der Waals surface area contributed by atoms with Gasteiger partial charge >= 0.3 is 0 Å². The fraction of sp³-hybridized carbons (Fsp3) is 0.800. The number of nitrogens with one attached hydrogen (secondary N) is 1. The molecule has 0 amide bonds. The summed E-state index contributed by atoms with van der Waals surface area (Å²) < 4.78 is 0. The highest BCUT2D eigenvalue weighted by Crippen LogP contribution is 2.23. The molecule has 0 heterocycles. The van der Waals surface area contributed by atoms with Crippen molar-refractivity contribution in [3.05, 3.63) is 0 Å². The number of hydrazone groups is 1. The molecule has 1 saturated carbocycles. The zero-order chi connectivity index (χ0) is 10.4. The monoisotopic (exact) mass is 213 g/mol. The highest BCUT2D eigenvalue weighted by atomic mass is 32.1. The molecular formula is C10H19N3S. The first-order valence-corrected chi connectivity index (χ1v) is 5.74. The minimum atomic E-state index is 0.258. The lowest BCUT2D eigenvalue weighted by Gasteiger charge is -2.08. The maximum atomic E-state index is 5.32. The topological polar surface area (TPSA) is 50.4 Å². The zero-order valence-corrected chi connectivity index (χ0v) is 9.57. The van der Waals surface area contributed by atoms with E-state index < -0.39 is 0 Å². The lowest BCUT2D eigenvalue weighted by atomic mass is 9.98. The van der Waals surface area contributed by atoms with Crippen LogP contribution in [0.4, 0.5) is 0 Å². The molecule has 4 heteroatoms. The average molecular weight is 213 g/mol. The van der Waals surface area contributed by atoms with Gasteiger partial charge in [-0.25, -0.2) is 0 Å². The third-order valence-corrected chi connectivity index (χ3v) is 2.91. The van der Waals surface area contributed by atoms with E-state index in [1.807, 2.05) is 0 Å². The van der Waals surface area contributed by atoms with Crippen molar-refractivity contribution in [1.82, 2.24) is 5.43 Å². The normalized spacial score (nSPS) is 25.8. The second-order valence-corrected chi connectivity index (χ2v) is 4.30. The molecule has 0 aromatic heterocycles. The SMILES string of the molecule is CCC1CCCC(=NNC(N)=S)CC1. The third-order valence-electron chi connectivity index (χ3n) is 2.82. The van der Waals surface area contributed by atoms with E-state index in [0.29, 0.717) is 0 Å². The van der Waals surface area contributed by atoms with E-state index in [-0.39, 0.29) is 5.11 Å². The Morgan fingerprint density at radius 1 is 1.57 bits per heavy atom. The predicted molar refractivity (Wildman–Crippen MR) is 64.2 cm³/mol. The van der Waals surface area contributed by atoms with Gasteiger partial charge in [-0.3, -0.25) is 5.43 Å². The molecular weight excluding hydrogens is 194 g/mol. The van der Waals surface area contributed by atoms with Gasteiger partial charge in [-0.1, -0.05) is 19.8 Å². The first-order valence-electron chi connectivity index (χ1n) is 5.33. The Hall–Kier alpha value is -0.640. The molecule has 0 spiro atoms. The standard InChI is InChI=1S/C10H19N3S/c1-2-8-4-3-5-9(7-6-8)12-13-10(11)14/h8H,2-7H2,1H3,(H3,11,13,14). The van der Waals surface area contributed by atoms with Gasteiger partial charge < -0.3 is 5.73 Å². The Morgan fingerprint density at radius 2 is 2.36 bits per heavy atom. The van der Waals surface area contributed by atoms with Crippen LogP contribution in [0.1, 0.15) is 45.4 Å². The molecule has 0 radical (unpaired) electrons. The van der Waals surface area contributed by atoms with Crippen molar-refractivity contribution in [1.29, 1.82) is 0 Å². The minimum Gasteiger partial charge on any atom is -0.375 e. The number of nitrogens with zero attached hydrogens (tertiary/aromatic N) is 1. The van der Waals surface area contributed by atoms with Crippen molar-refractivity contribution in [3.63, 3.8) is 0 Å². The Balaban J connectivity index is 2.41. The highest BCUT2D eigenvalue weighted by molar-refractivity contribution is 7.80. The molecule has 1 atom stereocenters. The van der Waals surface area contributed by atoms with E-state index in [2.05, 4.69) is 17.5 Å². The summed E-state index contributed by atoms with van der Waals surface area (Å²) in [5.74, 6) is 0.882. The molecule has 80 valence electrons. The fourth-order valence-electron chi connectivity index (χ4n) is 1.89. The van der Waals surface area contributed by atoms with E-state index in [1.54, 1.807) is 0 Å². The van der Waals surface area contributed by atoms with Crippen LogP contribution in [0.15, 0.2) is 5.10 Å². The average Bonchev–Trinajstić information content (AvgIpc) is 2.39. The molecule has 1 aliphatic carbocycles. The summed E-state index contributed by atoms with van der Waals surface area (Å²) in [4.78, 5) is 0. The molecule has 0 bridgehead atoms. The van der Waals surface area contributed by atoms with E-state index in [1.165, 1.54) is 31.4 Å². The molecule has 0 saturated heterocycles. The van der Waals surface area contributed by atoms with Gasteiger partial charge in [0, 0.05) is 5.71 Å². The smallest absolute Gasteiger partial charge is 0.184 e. The molecule has 3 nitrogen and oxygen atoms in total. The van der Waals surface area contributed by atoms with Crippen molar-refractivity contribution in [2.45, 2.75) is 45.4 Å². The lowest BCUT2D eigenvalue weighted by Crippen LogP contribution is -2.25. The number of nitrogens with two attached hydrogens (primary N) is 1. The first kappa shape index (κ1) is 11.4. The molecule has 1 fully saturated rings. The molecule has 0 aromatic rings. The Labute approximate surface area is 91.1 Å². The Morgan fingerprint density at radius 3 is 3.00 bits per heavy atom. The Kier molecular flexibility index (Phi) is 4.87. The first-order chi connectivity index (χ1) is 6.72. The third kappa shape index (κ3) is 4.05. The second-order valence-electron chi connectivity index (χ2n) is 3.86. The van der Waals surface area contributed by atoms with Crippen molar-refractivity contribution in [2.24, 2.45) is 16.8 Å². The minimum absolute atomic E-state index is 0.258.